The van der Waals surface area contributed by atoms with E-state index in [0.29, 0.717) is 0 Å². The van der Waals surface area contributed by atoms with E-state index in [2.05, 4.69) is 47.2 Å². The third kappa shape index (κ3) is 4.61. The highest BCUT2D eigenvalue weighted by Crippen LogP contribution is 2.25. The fourth-order valence-electron chi connectivity index (χ4n) is 2.24. The van der Waals surface area contributed by atoms with E-state index in [4.69, 9.17) is 9.15 Å². The number of rotatable bonds is 6. The average molecular weight is 352 g/mol. The molecule has 0 aliphatic carbocycles. The van der Waals surface area contributed by atoms with Gasteiger partial charge in [0.05, 0.1) is 12.1 Å². The quantitative estimate of drug-likeness (QED) is 0.772. The molecule has 0 saturated heterocycles. The van der Waals surface area contributed by atoms with Crippen LogP contribution in [0.2, 0.25) is 0 Å². The molecule has 2 rings (SSSR count). The Hall–Kier alpha value is -1.26. The van der Waals surface area contributed by atoms with E-state index in [-0.39, 0.29) is 18.2 Å². The zero-order valence-corrected chi connectivity index (χ0v) is 14.5. The van der Waals surface area contributed by atoms with Crippen molar-refractivity contribution < 1.29 is 9.15 Å². The second kappa shape index (κ2) is 7.14. The zero-order chi connectivity index (χ0) is 15.4. The predicted molar refractivity (Wildman–Crippen MR) is 88.6 cm³/mol. The molecule has 2 atom stereocenters. The van der Waals surface area contributed by atoms with Gasteiger partial charge in [-0.3, -0.25) is 0 Å². The van der Waals surface area contributed by atoms with Gasteiger partial charge < -0.3 is 14.5 Å². The minimum absolute atomic E-state index is 0.140. The van der Waals surface area contributed by atoms with Crippen LogP contribution in [0.25, 0.3) is 0 Å². The monoisotopic (exact) mass is 351 g/mol. The van der Waals surface area contributed by atoms with Gasteiger partial charge in [0.1, 0.15) is 11.5 Å². The van der Waals surface area contributed by atoms with Gasteiger partial charge in [0, 0.05) is 6.04 Å². The molecule has 1 N–H and O–H groups in total. The molecule has 0 amide bonds. The molecule has 2 aromatic rings. The van der Waals surface area contributed by atoms with Gasteiger partial charge in [0.15, 0.2) is 4.67 Å². The van der Waals surface area contributed by atoms with Crippen LogP contribution in [0.1, 0.15) is 51.1 Å². The third-order valence-corrected chi connectivity index (χ3v) is 3.68. The fraction of sp³-hybridized carbons (Fsp3) is 0.412. The van der Waals surface area contributed by atoms with E-state index in [9.17, 15) is 0 Å². The summed E-state index contributed by atoms with van der Waals surface area (Å²) >= 11 is 3.33. The normalized spacial score (nSPS) is 14.2. The molecule has 1 aromatic heterocycles. The molecule has 0 radical (unpaired) electrons. The smallest absolute Gasteiger partial charge is 0.169 e. The highest BCUT2D eigenvalue weighted by atomic mass is 79.9. The van der Waals surface area contributed by atoms with E-state index < -0.39 is 0 Å². The standard InChI is InChI=1S/C17H22BrNO2/c1-11(2)20-15-7-5-6-14(10-15)12(3)19-13(4)16-8-9-17(18)21-16/h5-13,19H,1-4H3. The lowest BCUT2D eigenvalue weighted by molar-refractivity contribution is 0.242. The molecule has 1 aromatic carbocycles. The summed E-state index contributed by atoms with van der Waals surface area (Å²) in [6.07, 6.45) is 0.183. The fourth-order valence-corrected chi connectivity index (χ4v) is 2.56. The maximum absolute atomic E-state index is 5.75. The minimum Gasteiger partial charge on any atom is -0.491 e. The molecule has 1 heterocycles. The van der Waals surface area contributed by atoms with Crippen molar-refractivity contribution in [3.8, 4) is 5.75 Å². The van der Waals surface area contributed by atoms with Crippen LogP contribution in [0, 0.1) is 0 Å². The molecule has 0 fully saturated rings. The van der Waals surface area contributed by atoms with Crippen molar-refractivity contribution in [2.45, 2.75) is 45.9 Å². The predicted octanol–water partition coefficient (Wildman–Crippen LogP) is 5.24. The maximum Gasteiger partial charge on any atom is 0.169 e. The van der Waals surface area contributed by atoms with Crippen molar-refractivity contribution in [1.82, 2.24) is 5.32 Å². The molecule has 114 valence electrons. The van der Waals surface area contributed by atoms with Crippen LogP contribution in [-0.2, 0) is 0 Å². The third-order valence-electron chi connectivity index (χ3n) is 3.25. The van der Waals surface area contributed by atoms with Crippen molar-refractivity contribution in [2.24, 2.45) is 0 Å². The van der Waals surface area contributed by atoms with Crippen LogP contribution in [0.5, 0.6) is 5.75 Å². The summed E-state index contributed by atoms with van der Waals surface area (Å²) in [5.74, 6) is 1.83. The maximum atomic E-state index is 5.75. The van der Waals surface area contributed by atoms with Gasteiger partial charge >= 0.3 is 0 Å². The number of hydrogen-bond donors (Lipinski definition) is 1. The summed E-state index contributed by atoms with van der Waals surface area (Å²) in [6, 6.07) is 12.4. The van der Waals surface area contributed by atoms with E-state index in [1.807, 2.05) is 38.1 Å². The highest BCUT2D eigenvalue weighted by Gasteiger charge is 2.14. The number of nitrogens with one attached hydrogen (secondary N) is 1. The Morgan fingerprint density at radius 3 is 2.43 bits per heavy atom. The van der Waals surface area contributed by atoms with Gasteiger partial charge in [-0.25, -0.2) is 0 Å². The first-order valence-electron chi connectivity index (χ1n) is 7.23. The van der Waals surface area contributed by atoms with Crippen molar-refractivity contribution in [3.05, 3.63) is 52.4 Å². The summed E-state index contributed by atoms with van der Waals surface area (Å²) in [5.41, 5.74) is 1.20. The minimum atomic E-state index is 0.140. The molecule has 0 spiro atoms. The number of benzene rings is 1. The molecule has 0 aliphatic rings. The number of hydrogen-bond acceptors (Lipinski definition) is 3. The van der Waals surface area contributed by atoms with Crippen LogP contribution in [-0.4, -0.2) is 6.10 Å². The van der Waals surface area contributed by atoms with Crippen molar-refractivity contribution >= 4 is 15.9 Å². The van der Waals surface area contributed by atoms with Crippen LogP contribution >= 0.6 is 15.9 Å². The number of furan rings is 1. The van der Waals surface area contributed by atoms with Gasteiger partial charge in [0.2, 0.25) is 0 Å². The Morgan fingerprint density at radius 1 is 1.05 bits per heavy atom. The summed E-state index contributed by atoms with van der Waals surface area (Å²) in [4.78, 5) is 0. The van der Waals surface area contributed by atoms with Crippen LogP contribution < -0.4 is 10.1 Å². The van der Waals surface area contributed by atoms with Gasteiger partial charge in [-0.15, -0.1) is 0 Å². The lowest BCUT2D eigenvalue weighted by atomic mass is 10.1. The lowest BCUT2D eigenvalue weighted by Gasteiger charge is -2.20. The van der Waals surface area contributed by atoms with E-state index in [1.165, 1.54) is 5.56 Å². The van der Waals surface area contributed by atoms with Crippen LogP contribution in [0.4, 0.5) is 0 Å². The molecule has 2 unspecified atom stereocenters. The molecular weight excluding hydrogens is 330 g/mol. The van der Waals surface area contributed by atoms with Crippen molar-refractivity contribution in [1.29, 1.82) is 0 Å². The molecule has 3 nitrogen and oxygen atoms in total. The van der Waals surface area contributed by atoms with Crippen LogP contribution in [0.15, 0.2) is 45.5 Å². The lowest BCUT2D eigenvalue weighted by Crippen LogP contribution is -2.22. The Morgan fingerprint density at radius 2 is 1.81 bits per heavy atom. The zero-order valence-electron chi connectivity index (χ0n) is 12.9. The van der Waals surface area contributed by atoms with Gasteiger partial charge in [-0.1, -0.05) is 12.1 Å². The summed E-state index contributed by atoms with van der Waals surface area (Å²) in [7, 11) is 0. The largest absolute Gasteiger partial charge is 0.491 e. The summed E-state index contributed by atoms with van der Waals surface area (Å²) in [6.45, 7) is 8.30. The second-order valence-corrected chi connectivity index (χ2v) is 6.27. The van der Waals surface area contributed by atoms with Gasteiger partial charge in [-0.2, -0.15) is 0 Å². The van der Waals surface area contributed by atoms with E-state index in [0.717, 1.165) is 16.2 Å². The van der Waals surface area contributed by atoms with E-state index in [1.54, 1.807) is 0 Å². The topological polar surface area (TPSA) is 34.4 Å². The molecular formula is C17H22BrNO2. The Balaban J connectivity index is 2.04. The first-order valence-corrected chi connectivity index (χ1v) is 8.03. The van der Waals surface area contributed by atoms with Crippen molar-refractivity contribution in [3.63, 3.8) is 0 Å². The first-order chi connectivity index (χ1) is 9.95. The Bertz CT molecular complexity index is 580. The van der Waals surface area contributed by atoms with Crippen LogP contribution in [0.3, 0.4) is 0 Å². The van der Waals surface area contributed by atoms with E-state index >= 15 is 0 Å². The summed E-state index contributed by atoms with van der Waals surface area (Å²) < 4.78 is 12.1. The average Bonchev–Trinajstić information content (AvgIpc) is 2.85. The molecule has 0 bridgehead atoms. The van der Waals surface area contributed by atoms with Gasteiger partial charge in [-0.05, 0) is 73.5 Å². The Labute approximate surface area is 134 Å². The first kappa shape index (κ1) is 16.1. The molecule has 0 aliphatic heterocycles. The molecule has 21 heavy (non-hydrogen) atoms. The second-order valence-electron chi connectivity index (χ2n) is 5.49. The highest BCUT2D eigenvalue weighted by molar-refractivity contribution is 9.10. The SMILES string of the molecule is CC(C)Oc1cccc(C(C)NC(C)c2ccc(Br)o2)c1. The molecule has 4 heteroatoms. The number of halogens is 1. The van der Waals surface area contributed by atoms with Crippen molar-refractivity contribution in [2.75, 3.05) is 0 Å². The summed E-state index contributed by atoms with van der Waals surface area (Å²) in [5, 5.41) is 3.54. The molecule has 0 saturated carbocycles. The Kier molecular flexibility index (Phi) is 5.48. The number of ether oxygens (including phenoxy) is 1. The van der Waals surface area contributed by atoms with Gasteiger partial charge in [0.25, 0.3) is 0 Å².